The summed E-state index contributed by atoms with van der Waals surface area (Å²) < 4.78 is 11.3. The summed E-state index contributed by atoms with van der Waals surface area (Å²) in [6.07, 6.45) is 0. The van der Waals surface area contributed by atoms with Crippen LogP contribution >= 0.6 is 0 Å². The van der Waals surface area contributed by atoms with Crippen LogP contribution in [-0.4, -0.2) is 68.1 Å². The molecule has 1 saturated heterocycles. The van der Waals surface area contributed by atoms with Gasteiger partial charge in [-0.2, -0.15) is 0 Å². The van der Waals surface area contributed by atoms with Crippen LogP contribution in [0.15, 0.2) is 54.2 Å². The third-order valence-corrected chi connectivity index (χ3v) is 5.98. The number of imide groups is 1. The van der Waals surface area contributed by atoms with Gasteiger partial charge in [0.1, 0.15) is 17.2 Å². The van der Waals surface area contributed by atoms with Crippen LogP contribution in [0, 0.1) is 0 Å². The van der Waals surface area contributed by atoms with Gasteiger partial charge in [0.25, 0.3) is 11.8 Å². The molecule has 0 aliphatic carbocycles. The standard InChI is InChI=1S/C25H29N3O4/c1-4-26-14-16-27(17-15-26)23-22(18-10-6-8-12-20(18)31-3)24(29)28(25(23)30)19-11-7-9-13-21(19)32-5-2/h6-13H,4-5,14-17H2,1-3H3. The molecular weight excluding hydrogens is 406 g/mol. The maximum atomic E-state index is 13.8. The summed E-state index contributed by atoms with van der Waals surface area (Å²) in [5.41, 5.74) is 1.89. The second kappa shape index (κ2) is 9.44. The first-order valence-electron chi connectivity index (χ1n) is 11.1. The van der Waals surface area contributed by atoms with E-state index < -0.39 is 0 Å². The molecule has 32 heavy (non-hydrogen) atoms. The molecule has 0 radical (unpaired) electrons. The molecule has 2 heterocycles. The van der Waals surface area contributed by atoms with Crippen LogP contribution in [-0.2, 0) is 9.59 Å². The molecule has 2 aromatic rings. The fourth-order valence-corrected chi connectivity index (χ4v) is 4.33. The van der Waals surface area contributed by atoms with Gasteiger partial charge in [-0.15, -0.1) is 0 Å². The number of hydrogen-bond acceptors (Lipinski definition) is 6. The zero-order valence-electron chi connectivity index (χ0n) is 18.8. The second-order valence-electron chi connectivity index (χ2n) is 7.69. The smallest absolute Gasteiger partial charge is 0.282 e. The highest BCUT2D eigenvalue weighted by Crippen LogP contribution is 2.41. The van der Waals surface area contributed by atoms with Gasteiger partial charge in [0.05, 0.1) is 25.0 Å². The van der Waals surface area contributed by atoms with Gasteiger partial charge in [0.15, 0.2) is 0 Å². The van der Waals surface area contributed by atoms with E-state index in [2.05, 4.69) is 11.8 Å². The number of hydrogen-bond donors (Lipinski definition) is 0. The highest BCUT2D eigenvalue weighted by Gasteiger charge is 2.44. The Hall–Kier alpha value is -3.32. The molecule has 2 aromatic carbocycles. The Morgan fingerprint density at radius 1 is 0.844 bits per heavy atom. The average Bonchev–Trinajstić information content (AvgIpc) is 3.09. The average molecular weight is 436 g/mol. The number of methoxy groups -OCH3 is 1. The number of carbonyl (C=O) groups is 2. The molecule has 0 saturated carbocycles. The van der Waals surface area contributed by atoms with Crippen LogP contribution in [0.5, 0.6) is 11.5 Å². The van der Waals surface area contributed by atoms with Gasteiger partial charge in [-0.05, 0) is 31.7 Å². The molecule has 0 bridgehead atoms. The van der Waals surface area contributed by atoms with Gasteiger partial charge < -0.3 is 19.3 Å². The SMILES string of the molecule is CCOc1ccccc1N1C(=O)C(c2ccccc2OC)=C(N2CCN(CC)CC2)C1=O. The lowest BCUT2D eigenvalue weighted by Crippen LogP contribution is -2.47. The predicted molar refractivity (Wildman–Crippen MR) is 124 cm³/mol. The van der Waals surface area contributed by atoms with E-state index in [4.69, 9.17) is 9.47 Å². The molecule has 2 amide bonds. The topological polar surface area (TPSA) is 62.3 Å². The van der Waals surface area contributed by atoms with Crippen LogP contribution < -0.4 is 14.4 Å². The number of carbonyl (C=O) groups excluding carboxylic acids is 2. The van der Waals surface area contributed by atoms with Gasteiger partial charge in [0, 0.05) is 31.7 Å². The number of para-hydroxylation sites is 3. The summed E-state index contributed by atoms with van der Waals surface area (Å²) in [7, 11) is 1.57. The van der Waals surface area contributed by atoms with E-state index in [1.807, 2.05) is 42.2 Å². The number of anilines is 1. The third kappa shape index (κ3) is 3.84. The minimum Gasteiger partial charge on any atom is -0.496 e. The first kappa shape index (κ1) is 21.9. The molecule has 0 N–H and O–H groups in total. The Balaban J connectivity index is 1.83. The predicted octanol–water partition coefficient (Wildman–Crippen LogP) is 3.02. The van der Waals surface area contributed by atoms with Crippen molar-refractivity contribution in [1.29, 1.82) is 0 Å². The van der Waals surface area contributed by atoms with Crippen LogP contribution in [0.4, 0.5) is 5.69 Å². The second-order valence-corrected chi connectivity index (χ2v) is 7.69. The molecule has 0 unspecified atom stereocenters. The molecule has 0 atom stereocenters. The lowest BCUT2D eigenvalue weighted by atomic mass is 10.0. The first-order valence-corrected chi connectivity index (χ1v) is 11.1. The summed E-state index contributed by atoms with van der Waals surface area (Å²) in [4.78, 5) is 33.2. The van der Waals surface area contributed by atoms with Crippen molar-refractivity contribution in [3.05, 3.63) is 59.8 Å². The largest absolute Gasteiger partial charge is 0.496 e. The molecule has 4 rings (SSSR count). The normalized spacial score (nSPS) is 17.3. The monoisotopic (exact) mass is 435 g/mol. The van der Waals surface area contributed by atoms with E-state index in [0.717, 1.165) is 19.6 Å². The molecule has 0 spiro atoms. The number of rotatable bonds is 7. The minimum absolute atomic E-state index is 0.326. The molecule has 168 valence electrons. The van der Waals surface area contributed by atoms with Crippen molar-refractivity contribution >= 4 is 23.1 Å². The Bertz CT molecular complexity index is 1040. The van der Waals surface area contributed by atoms with E-state index in [1.54, 1.807) is 25.3 Å². The van der Waals surface area contributed by atoms with Crippen molar-refractivity contribution in [2.24, 2.45) is 0 Å². The molecule has 1 fully saturated rings. The van der Waals surface area contributed by atoms with E-state index >= 15 is 0 Å². The lowest BCUT2D eigenvalue weighted by Gasteiger charge is -2.36. The lowest BCUT2D eigenvalue weighted by molar-refractivity contribution is -0.120. The van der Waals surface area contributed by atoms with E-state index in [9.17, 15) is 9.59 Å². The molecular formula is C25H29N3O4. The third-order valence-electron chi connectivity index (χ3n) is 5.98. The van der Waals surface area contributed by atoms with Gasteiger partial charge in [-0.1, -0.05) is 37.3 Å². The zero-order chi connectivity index (χ0) is 22.7. The molecule has 7 heteroatoms. The first-order chi connectivity index (χ1) is 15.6. The summed E-state index contributed by atoms with van der Waals surface area (Å²) >= 11 is 0. The van der Waals surface area contributed by atoms with Gasteiger partial charge in [-0.25, -0.2) is 4.90 Å². The van der Waals surface area contributed by atoms with Crippen molar-refractivity contribution < 1.29 is 19.1 Å². The summed E-state index contributed by atoms with van der Waals surface area (Å²) in [5.74, 6) is 0.383. The Morgan fingerprint density at radius 3 is 2.16 bits per heavy atom. The molecule has 2 aliphatic heterocycles. The Morgan fingerprint density at radius 2 is 1.50 bits per heavy atom. The highest BCUT2D eigenvalue weighted by molar-refractivity contribution is 6.46. The zero-order valence-corrected chi connectivity index (χ0v) is 18.8. The summed E-state index contributed by atoms with van der Waals surface area (Å²) in [6, 6.07) is 14.5. The Kier molecular flexibility index (Phi) is 6.46. The number of nitrogens with zero attached hydrogens (tertiary/aromatic N) is 3. The molecule has 0 aromatic heterocycles. The number of benzene rings is 2. The number of piperazine rings is 1. The van der Waals surface area contributed by atoms with Crippen molar-refractivity contribution in [3.8, 4) is 11.5 Å². The number of amides is 2. The van der Waals surface area contributed by atoms with Crippen LogP contribution in [0.2, 0.25) is 0 Å². The summed E-state index contributed by atoms with van der Waals surface area (Å²) in [5, 5.41) is 0. The quantitative estimate of drug-likeness (QED) is 0.623. The van der Waals surface area contributed by atoms with Crippen molar-refractivity contribution in [3.63, 3.8) is 0 Å². The van der Waals surface area contributed by atoms with E-state index in [-0.39, 0.29) is 11.8 Å². The van der Waals surface area contributed by atoms with Gasteiger partial charge in [0.2, 0.25) is 0 Å². The van der Waals surface area contributed by atoms with Crippen LogP contribution in [0.3, 0.4) is 0 Å². The highest BCUT2D eigenvalue weighted by atomic mass is 16.5. The van der Waals surface area contributed by atoms with Gasteiger partial charge in [-0.3, -0.25) is 9.59 Å². The minimum atomic E-state index is -0.362. The Labute approximate surface area is 188 Å². The molecule has 2 aliphatic rings. The number of likely N-dealkylation sites (N-methyl/N-ethyl adjacent to an activating group) is 1. The van der Waals surface area contributed by atoms with Crippen molar-refractivity contribution in [2.45, 2.75) is 13.8 Å². The van der Waals surface area contributed by atoms with Crippen molar-refractivity contribution in [2.75, 3.05) is 51.3 Å². The van der Waals surface area contributed by atoms with Crippen LogP contribution in [0.1, 0.15) is 19.4 Å². The van der Waals surface area contributed by atoms with Crippen LogP contribution in [0.25, 0.3) is 5.57 Å². The summed E-state index contributed by atoms with van der Waals surface area (Å²) in [6.45, 7) is 8.46. The maximum Gasteiger partial charge on any atom is 0.282 e. The fourth-order valence-electron chi connectivity index (χ4n) is 4.33. The number of ether oxygens (including phenoxy) is 2. The fraction of sp³-hybridized carbons (Fsp3) is 0.360. The van der Waals surface area contributed by atoms with Gasteiger partial charge >= 0.3 is 0 Å². The maximum absolute atomic E-state index is 13.8. The van der Waals surface area contributed by atoms with Crippen molar-refractivity contribution in [1.82, 2.24) is 9.80 Å². The van der Waals surface area contributed by atoms with E-state index in [0.29, 0.717) is 53.7 Å². The molecule has 7 nitrogen and oxygen atoms in total. The van der Waals surface area contributed by atoms with E-state index in [1.165, 1.54) is 4.90 Å².